The van der Waals surface area contributed by atoms with Gasteiger partial charge in [-0.15, -0.1) is 0 Å². The van der Waals surface area contributed by atoms with Crippen LogP contribution in [0.3, 0.4) is 0 Å². The van der Waals surface area contributed by atoms with E-state index >= 15 is 0 Å². The van der Waals surface area contributed by atoms with E-state index in [-0.39, 0.29) is 18.6 Å². The highest BCUT2D eigenvalue weighted by Crippen LogP contribution is 2.41. The number of ether oxygens (including phenoxy) is 1. The summed E-state index contributed by atoms with van der Waals surface area (Å²) in [5, 5.41) is 9.95. The Morgan fingerprint density at radius 3 is 2.50 bits per heavy atom. The van der Waals surface area contributed by atoms with Crippen LogP contribution in [0.5, 0.6) is 0 Å². The lowest BCUT2D eigenvalue weighted by atomic mass is 9.84. The van der Waals surface area contributed by atoms with Gasteiger partial charge in [-0.3, -0.25) is 4.79 Å². The Labute approximate surface area is 166 Å². The molecule has 0 bridgehead atoms. The summed E-state index contributed by atoms with van der Waals surface area (Å²) in [5.41, 5.74) is 1.66. The molecule has 4 unspecified atom stereocenters. The summed E-state index contributed by atoms with van der Waals surface area (Å²) in [5.74, 6) is -1.13. The molecule has 152 valence electrons. The van der Waals surface area contributed by atoms with E-state index in [0.717, 1.165) is 24.4 Å². The number of aliphatic hydroxyl groups is 1. The third-order valence-electron chi connectivity index (χ3n) is 5.42. The molecule has 1 saturated heterocycles. The fraction of sp³-hybridized carbons (Fsp3) is 0.524. The average Bonchev–Trinajstić information content (AvgIpc) is 2.99. The fourth-order valence-corrected chi connectivity index (χ4v) is 3.80. The number of hydrogen-bond donors (Lipinski definition) is 1. The molecule has 0 aliphatic carbocycles. The van der Waals surface area contributed by atoms with Crippen LogP contribution < -0.4 is 0 Å². The molecule has 1 N–H and O–H groups in total. The van der Waals surface area contributed by atoms with Crippen molar-refractivity contribution in [1.29, 1.82) is 0 Å². The van der Waals surface area contributed by atoms with Gasteiger partial charge in [-0.05, 0) is 32.7 Å². The number of esters is 1. The summed E-state index contributed by atoms with van der Waals surface area (Å²) in [6.45, 7) is 3.31. The number of carbonyl (C=O) groups excluding carboxylic acids is 2. The van der Waals surface area contributed by atoms with Gasteiger partial charge in [0.05, 0.1) is 18.1 Å². The van der Waals surface area contributed by atoms with E-state index in [4.69, 9.17) is 4.74 Å². The molecule has 4 atom stereocenters. The van der Waals surface area contributed by atoms with Crippen LogP contribution >= 0.6 is 0 Å². The monoisotopic (exact) mass is 387 g/mol. The third kappa shape index (κ3) is 3.91. The number of β-lactam (4-membered cyclic amide) rings is 1. The standard InChI is InChI=1S/C21H29N3O4/c1-14(25)18-16-12-17(23(4)11-10-22(2)3)19(24(16)20(18)26)21(27)28-13-15-8-6-5-7-9-15/h5-9,12,14,16,18-19,25H,10-11,13H2,1-4H3. The molecule has 7 nitrogen and oxygen atoms in total. The molecule has 3 rings (SSSR count). The minimum atomic E-state index is -0.761. The fourth-order valence-electron chi connectivity index (χ4n) is 3.80. The number of benzene rings is 1. The van der Waals surface area contributed by atoms with Crippen LogP contribution in [0.25, 0.3) is 0 Å². The van der Waals surface area contributed by atoms with Gasteiger partial charge in [0, 0.05) is 25.8 Å². The van der Waals surface area contributed by atoms with Crippen molar-refractivity contribution in [2.45, 2.75) is 31.7 Å². The van der Waals surface area contributed by atoms with Gasteiger partial charge in [-0.2, -0.15) is 0 Å². The molecule has 0 saturated carbocycles. The summed E-state index contributed by atoms with van der Waals surface area (Å²) in [6.07, 6.45) is 1.18. The maximum absolute atomic E-state index is 12.9. The topological polar surface area (TPSA) is 73.3 Å². The van der Waals surface area contributed by atoms with Crippen LogP contribution in [0.1, 0.15) is 12.5 Å². The number of amides is 1. The minimum absolute atomic E-state index is 0.164. The molecule has 1 amide bonds. The normalized spacial score (nSPS) is 24.5. The molecule has 7 heteroatoms. The first-order chi connectivity index (χ1) is 13.3. The van der Waals surface area contributed by atoms with Gasteiger partial charge in [0.2, 0.25) is 5.91 Å². The molecule has 2 aliphatic heterocycles. The van der Waals surface area contributed by atoms with E-state index in [1.54, 1.807) is 11.8 Å². The molecule has 1 aromatic rings. The molecule has 2 aliphatic rings. The lowest BCUT2D eigenvalue weighted by Crippen LogP contribution is -2.65. The van der Waals surface area contributed by atoms with Crippen LogP contribution in [0.2, 0.25) is 0 Å². The van der Waals surface area contributed by atoms with Crippen molar-refractivity contribution in [2.24, 2.45) is 5.92 Å². The number of likely N-dealkylation sites (N-methyl/N-ethyl adjacent to an activating group) is 2. The minimum Gasteiger partial charge on any atom is -0.459 e. The predicted molar refractivity (Wildman–Crippen MR) is 105 cm³/mol. The Morgan fingerprint density at radius 2 is 1.89 bits per heavy atom. The van der Waals surface area contributed by atoms with Gasteiger partial charge in [-0.25, -0.2) is 4.79 Å². The van der Waals surface area contributed by atoms with Gasteiger partial charge >= 0.3 is 5.97 Å². The van der Waals surface area contributed by atoms with Crippen LogP contribution in [-0.2, 0) is 20.9 Å². The van der Waals surface area contributed by atoms with E-state index in [2.05, 4.69) is 4.90 Å². The van der Waals surface area contributed by atoms with Crippen LogP contribution in [0, 0.1) is 5.92 Å². The zero-order valence-electron chi connectivity index (χ0n) is 16.9. The molecule has 0 aromatic heterocycles. The summed E-state index contributed by atoms with van der Waals surface area (Å²) < 4.78 is 5.54. The number of aliphatic hydroxyl groups excluding tert-OH is 1. The maximum Gasteiger partial charge on any atom is 0.335 e. The second-order valence-electron chi connectivity index (χ2n) is 7.81. The maximum atomic E-state index is 12.9. The lowest BCUT2D eigenvalue weighted by molar-refractivity contribution is -0.171. The summed E-state index contributed by atoms with van der Waals surface area (Å²) in [6, 6.07) is 8.44. The van der Waals surface area contributed by atoms with Crippen molar-refractivity contribution in [2.75, 3.05) is 34.2 Å². The Hall–Kier alpha value is -2.38. The molecular weight excluding hydrogens is 358 g/mol. The summed E-state index contributed by atoms with van der Waals surface area (Å²) in [4.78, 5) is 31.1. The van der Waals surface area contributed by atoms with Gasteiger partial charge in [0.1, 0.15) is 6.61 Å². The number of fused-ring (bicyclic) bond motifs is 1. The SMILES string of the molecule is CC(O)C1C(=O)N2C(C(=O)OCc3ccccc3)C(N(C)CCN(C)C)=CC12. The first-order valence-corrected chi connectivity index (χ1v) is 9.59. The van der Waals surface area contributed by atoms with E-state index in [9.17, 15) is 14.7 Å². The van der Waals surface area contributed by atoms with Gasteiger partial charge in [0.25, 0.3) is 0 Å². The van der Waals surface area contributed by atoms with Crippen molar-refractivity contribution in [3.05, 3.63) is 47.7 Å². The van der Waals surface area contributed by atoms with Crippen molar-refractivity contribution < 1.29 is 19.4 Å². The zero-order valence-corrected chi connectivity index (χ0v) is 16.9. The van der Waals surface area contributed by atoms with E-state index < -0.39 is 24.0 Å². The van der Waals surface area contributed by atoms with E-state index in [1.165, 1.54) is 0 Å². The Morgan fingerprint density at radius 1 is 1.21 bits per heavy atom. The summed E-state index contributed by atoms with van der Waals surface area (Å²) >= 11 is 0. The highest BCUT2D eigenvalue weighted by molar-refractivity contribution is 5.95. The second-order valence-corrected chi connectivity index (χ2v) is 7.81. The molecule has 28 heavy (non-hydrogen) atoms. The van der Waals surface area contributed by atoms with Crippen molar-refractivity contribution >= 4 is 11.9 Å². The molecule has 0 spiro atoms. The molecule has 0 radical (unpaired) electrons. The van der Waals surface area contributed by atoms with Gasteiger partial charge in [-0.1, -0.05) is 30.3 Å². The number of rotatable bonds is 8. The van der Waals surface area contributed by atoms with Gasteiger partial charge in [0.15, 0.2) is 6.04 Å². The van der Waals surface area contributed by atoms with Crippen LogP contribution in [0.15, 0.2) is 42.1 Å². The second kappa shape index (κ2) is 8.32. The van der Waals surface area contributed by atoms with Crippen molar-refractivity contribution in [3.8, 4) is 0 Å². The Balaban J connectivity index is 1.76. The van der Waals surface area contributed by atoms with Crippen LogP contribution in [0.4, 0.5) is 0 Å². The van der Waals surface area contributed by atoms with Crippen LogP contribution in [-0.4, -0.2) is 84.1 Å². The van der Waals surface area contributed by atoms with Crippen molar-refractivity contribution in [3.63, 3.8) is 0 Å². The summed E-state index contributed by atoms with van der Waals surface area (Å²) in [7, 11) is 5.89. The molecular formula is C21H29N3O4. The number of hydrogen-bond acceptors (Lipinski definition) is 6. The third-order valence-corrected chi connectivity index (χ3v) is 5.42. The zero-order chi connectivity index (χ0) is 20.4. The van der Waals surface area contributed by atoms with Crippen molar-refractivity contribution in [1.82, 2.24) is 14.7 Å². The number of nitrogens with zero attached hydrogens (tertiary/aromatic N) is 3. The lowest BCUT2D eigenvalue weighted by Gasteiger charge is -2.46. The van der Waals surface area contributed by atoms with E-state index in [1.807, 2.05) is 62.5 Å². The first kappa shape index (κ1) is 20.4. The highest BCUT2D eigenvalue weighted by Gasteiger charge is 2.58. The smallest absolute Gasteiger partial charge is 0.335 e. The van der Waals surface area contributed by atoms with E-state index in [0.29, 0.717) is 0 Å². The predicted octanol–water partition coefficient (Wildman–Crippen LogP) is 0.697. The Kier molecular flexibility index (Phi) is 6.05. The van der Waals surface area contributed by atoms with Gasteiger partial charge < -0.3 is 24.5 Å². The first-order valence-electron chi connectivity index (χ1n) is 9.59. The number of carbonyl (C=O) groups is 2. The molecule has 2 heterocycles. The molecule has 1 fully saturated rings. The Bertz CT molecular complexity index is 747. The molecule has 1 aromatic carbocycles. The average molecular weight is 387 g/mol. The quantitative estimate of drug-likeness (QED) is 0.523. The largest absolute Gasteiger partial charge is 0.459 e. The highest BCUT2D eigenvalue weighted by atomic mass is 16.5.